The van der Waals surface area contributed by atoms with Crippen LogP contribution < -0.4 is 22.3 Å². The molecule has 4 heteroatoms. The fourth-order valence-electron chi connectivity index (χ4n) is 1.89. The molecule has 0 saturated carbocycles. The Bertz CT molecular complexity index is 323. The lowest BCUT2D eigenvalue weighted by molar-refractivity contribution is -0.108. The van der Waals surface area contributed by atoms with E-state index in [2.05, 4.69) is 54.0 Å². The van der Waals surface area contributed by atoms with Crippen LogP contribution in [0.15, 0.2) is 30.3 Å². The first-order valence-corrected chi connectivity index (χ1v) is 8.38. The molecule has 1 aromatic carbocycles. The molecule has 0 fully saturated rings. The Labute approximate surface area is 117 Å². The smallest absolute Gasteiger partial charge is 0.235 e. The second-order valence-corrected chi connectivity index (χ2v) is 8.90. The summed E-state index contributed by atoms with van der Waals surface area (Å²) in [6.07, 6.45) is 2.89. The van der Waals surface area contributed by atoms with Crippen LogP contribution in [-0.2, 0) is 4.79 Å². The van der Waals surface area contributed by atoms with Crippen LogP contribution >= 0.6 is 23.2 Å². The zero-order chi connectivity index (χ0) is 11.3. The van der Waals surface area contributed by atoms with Gasteiger partial charge in [0.2, 0.25) is 4.69 Å². The van der Waals surface area contributed by atoms with E-state index in [9.17, 15) is 4.79 Å². The van der Waals surface area contributed by atoms with Gasteiger partial charge in [-0.2, -0.15) is 0 Å². The van der Waals surface area contributed by atoms with Gasteiger partial charge in [0.25, 0.3) is 0 Å². The Morgan fingerprint density at radius 1 is 1.19 bits per heavy atom. The van der Waals surface area contributed by atoms with Crippen LogP contribution in [0.1, 0.15) is 13.8 Å². The summed E-state index contributed by atoms with van der Waals surface area (Å²) in [5.74, 6) is 0. The van der Waals surface area contributed by atoms with Crippen molar-refractivity contribution in [1.82, 2.24) is 0 Å². The topological polar surface area (TPSA) is 17.1 Å². The van der Waals surface area contributed by atoms with E-state index in [1.807, 2.05) is 6.07 Å². The van der Waals surface area contributed by atoms with Gasteiger partial charge in [-0.3, -0.25) is 4.79 Å². The SMILES string of the molecule is CC[P+](CC)(CC(=O)Br)c1ccccc1.[Br-]. The zero-order valence-corrected chi connectivity index (χ0v) is 13.7. The van der Waals surface area contributed by atoms with Crippen LogP contribution in [0.3, 0.4) is 0 Å². The number of rotatable bonds is 5. The third-order valence-electron chi connectivity index (χ3n) is 2.94. The minimum atomic E-state index is -1.26. The summed E-state index contributed by atoms with van der Waals surface area (Å²) in [5, 5.41) is 1.38. The molecule has 0 heterocycles. The Morgan fingerprint density at radius 2 is 1.69 bits per heavy atom. The van der Waals surface area contributed by atoms with Crippen LogP contribution in [0, 0.1) is 0 Å². The molecule has 0 aromatic heterocycles. The fraction of sp³-hybridized carbons (Fsp3) is 0.417. The van der Waals surface area contributed by atoms with E-state index >= 15 is 0 Å². The van der Waals surface area contributed by atoms with Crippen molar-refractivity contribution in [2.24, 2.45) is 0 Å². The molecule has 1 aromatic rings. The quantitative estimate of drug-likeness (QED) is 0.540. The van der Waals surface area contributed by atoms with E-state index in [-0.39, 0.29) is 21.7 Å². The maximum absolute atomic E-state index is 11.3. The van der Waals surface area contributed by atoms with Crippen molar-refractivity contribution in [1.29, 1.82) is 0 Å². The molecule has 0 saturated heterocycles. The molecule has 0 unspecified atom stereocenters. The van der Waals surface area contributed by atoms with Crippen molar-refractivity contribution in [3.05, 3.63) is 30.3 Å². The summed E-state index contributed by atoms with van der Waals surface area (Å²) in [6.45, 7) is 4.39. The van der Waals surface area contributed by atoms with Crippen LogP contribution in [0.4, 0.5) is 0 Å². The third-order valence-corrected chi connectivity index (χ3v) is 8.36. The molecule has 90 valence electrons. The van der Waals surface area contributed by atoms with Gasteiger partial charge < -0.3 is 17.0 Å². The molecular weight excluding hydrogens is 351 g/mol. The second kappa shape index (κ2) is 7.58. The maximum atomic E-state index is 11.3. The number of hydrogen-bond donors (Lipinski definition) is 0. The molecule has 1 nitrogen and oxygen atoms in total. The molecule has 1 rings (SSSR count). The van der Waals surface area contributed by atoms with Crippen molar-refractivity contribution < 1.29 is 21.8 Å². The van der Waals surface area contributed by atoms with Crippen molar-refractivity contribution >= 4 is 33.2 Å². The van der Waals surface area contributed by atoms with Gasteiger partial charge >= 0.3 is 0 Å². The van der Waals surface area contributed by atoms with E-state index in [1.54, 1.807) is 0 Å². The van der Waals surface area contributed by atoms with Crippen molar-refractivity contribution in [3.8, 4) is 0 Å². The molecule has 0 bridgehead atoms. The van der Waals surface area contributed by atoms with E-state index in [0.29, 0.717) is 6.16 Å². The van der Waals surface area contributed by atoms with Crippen LogP contribution in [0.5, 0.6) is 0 Å². The second-order valence-electron chi connectivity index (χ2n) is 3.63. The number of benzene rings is 1. The molecule has 0 aliphatic heterocycles. The summed E-state index contributed by atoms with van der Waals surface area (Å²) in [6, 6.07) is 10.5. The summed E-state index contributed by atoms with van der Waals surface area (Å²) in [7, 11) is -1.26. The first-order chi connectivity index (χ1) is 7.14. The molecular formula is C12H17Br2OP. The Kier molecular flexibility index (Phi) is 7.71. The van der Waals surface area contributed by atoms with E-state index in [0.717, 1.165) is 12.3 Å². The number of carbonyl (C=O) groups excluding carboxylic acids is 1. The standard InChI is InChI=1S/C12H17BrOP.BrH/c1-3-15(4-2,10-12(13)14)11-8-6-5-7-9-11;/h5-9H,3-4,10H2,1-2H3;1H/q+1;/p-1. The van der Waals surface area contributed by atoms with E-state index in [4.69, 9.17) is 0 Å². The highest BCUT2D eigenvalue weighted by molar-refractivity contribution is 9.18. The molecule has 0 N–H and O–H groups in total. The summed E-state index contributed by atoms with van der Waals surface area (Å²) >= 11 is 3.08. The van der Waals surface area contributed by atoms with Gasteiger partial charge in [-0.05, 0) is 41.9 Å². The predicted molar refractivity (Wildman–Crippen MR) is 72.9 cm³/mol. The summed E-state index contributed by atoms with van der Waals surface area (Å²) < 4.78 is 0.142. The average molecular weight is 368 g/mol. The van der Waals surface area contributed by atoms with Crippen LogP contribution in [0.25, 0.3) is 0 Å². The highest BCUT2D eigenvalue weighted by atomic mass is 79.9. The number of hydrogen-bond acceptors (Lipinski definition) is 1. The summed E-state index contributed by atoms with van der Waals surface area (Å²) in [5.41, 5.74) is 0. The van der Waals surface area contributed by atoms with Crippen LogP contribution in [-0.4, -0.2) is 23.2 Å². The van der Waals surface area contributed by atoms with Crippen LogP contribution in [0.2, 0.25) is 0 Å². The first kappa shape index (κ1) is 16.3. The van der Waals surface area contributed by atoms with E-state index < -0.39 is 7.26 Å². The third kappa shape index (κ3) is 3.94. The van der Waals surface area contributed by atoms with Crippen molar-refractivity contribution in [2.45, 2.75) is 13.8 Å². The Balaban J connectivity index is 0.00000225. The number of halogens is 2. The van der Waals surface area contributed by atoms with Gasteiger partial charge in [-0.1, -0.05) is 18.2 Å². The molecule has 0 aliphatic rings. The maximum Gasteiger partial charge on any atom is 0.235 e. The zero-order valence-electron chi connectivity index (χ0n) is 9.62. The lowest BCUT2D eigenvalue weighted by atomic mass is 10.4. The lowest BCUT2D eigenvalue weighted by Gasteiger charge is -2.23. The molecule has 0 atom stereocenters. The largest absolute Gasteiger partial charge is 1.00 e. The molecule has 0 radical (unpaired) electrons. The van der Waals surface area contributed by atoms with Gasteiger partial charge in [0.05, 0.1) is 24.9 Å². The molecule has 0 amide bonds. The summed E-state index contributed by atoms with van der Waals surface area (Å²) in [4.78, 5) is 11.3. The highest BCUT2D eigenvalue weighted by Crippen LogP contribution is 2.56. The van der Waals surface area contributed by atoms with Gasteiger partial charge in [-0.25, -0.2) is 0 Å². The predicted octanol–water partition coefficient (Wildman–Crippen LogP) is 0.295. The average Bonchev–Trinajstić information content (AvgIpc) is 2.27. The van der Waals surface area contributed by atoms with Gasteiger partial charge in [0, 0.05) is 0 Å². The van der Waals surface area contributed by atoms with Gasteiger partial charge in [0.15, 0.2) is 0 Å². The highest BCUT2D eigenvalue weighted by Gasteiger charge is 2.37. The normalized spacial score (nSPS) is 10.7. The Morgan fingerprint density at radius 3 is 2.06 bits per heavy atom. The molecule has 0 aliphatic carbocycles. The minimum Gasteiger partial charge on any atom is -1.00 e. The Hall–Kier alpha value is 0.280. The van der Waals surface area contributed by atoms with Crippen molar-refractivity contribution in [3.63, 3.8) is 0 Å². The fourth-order valence-corrected chi connectivity index (χ4v) is 6.41. The van der Waals surface area contributed by atoms with Gasteiger partial charge in [-0.15, -0.1) is 0 Å². The lowest BCUT2D eigenvalue weighted by Crippen LogP contribution is -3.00. The van der Waals surface area contributed by atoms with Crippen molar-refractivity contribution in [2.75, 3.05) is 18.5 Å². The number of carbonyl (C=O) groups is 1. The monoisotopic (exact) mass is 366 g/mol. The molecule has 0 spiro atoms. The molecule has 16 heavy (non-hydrogen) atoms. The minimum absolute atomic E-state index is 0. The van der Waals surface area contributed by atoms with E-state index in [1.165, 1.54) is 5.30 Å². The van der Waals surface area contributed by atoms with Gasteiger partial charge in [0.1, 0.15) is 6.16 Å². The first-order valence-electron chi connectivity index (χ1n) is 5.24.